The molecule has 0 aromatic carbocycles. The molecule has 2 amide bonds. The molecule has 2 aliphatic heterocycles. The molecule has 18 heavy (non-hydrogen) atoms. The smallest absolute Gasteiger partial charge is 0.345 e. The molecule has 0 aromatic rings. The standard InChI is InChI=1S/C11H16F2N2O3/c1-11(3-4-14(2)8(11)16)9(17)15-5-7(6-15)18-10(12)13/h7,10H,3-6H2,1-2H3. The number of nitrogens with zero attached hydrogens (tertiary/aromatic N) is 2. The number of hydrogen-bond donors (Lipinski definition) is 0. The lowest BCUT2D eigenvalue weighted by Crippen LogP contribution is -2.59. The highest BCUT2D eigenvalue weighted by Crippen LogP contribution is 2.34. The average molecular weight is 262 g/mol. The van der Waals surface area contributed by atoms with E-state index in [-0.39, 0.29) is 24.9 Å². The molecule has 0 aromatic heterocycles. The van der Waals surface area contributed by atoms with Gasteiger partial charge >= 0.3 is 6.61 Å². The molecular formula is C11H16F2N2O3. The van der Waals surface area contributed by atoms with Crippen molar-refractivity contribution in [2.75, 3.05) is 26.7 Å². The van der Waals surface area contributed by atoms with Gasteiger partial charge in [-0.3, -0.25) is 9.59 Å². The van der Waals surface area contributed by atoms with Gasteiger partial charge in [0, 0.05) is 26.7 Å². The lowest BCUT2D eigenvalue weighted by Gasteiger charge is -2.41. The molecule has 2 saturated heterocycles. The van der Waals surface area contributed by atoms with Gasteiger partial charge in [-0.15, -0.1) is 0 Å². The summed E-state index contributed by atoms with van der Waals surface area (Å²) in [4.78, 5) is 27.0. The molecule has 5 nitrogen and oxygen atoms in total. The van der Waals surface area contributed by atoms with Gasteiger partial charge < -0.3 is 14.5 Å². The number of likely N-dealkylation sites (tertiary alicyclic amines) is 2. The number of alkyl halides is 2. The van der Waals surface area contributed by atoms with E-state index in [2.05, 4.69) is 4.74 Å². The first kappa shape index (κ1) is 13.2. The van der Waals surface area contributed by atoms with Gasteiger partial charge in [0.15, 0.2) is 0 Å². The van der Waals surface area contributed by atoms with E-state index < -0.39 is 18.1 Å². The first-order valence-corrected chi connectivity index (χ1v) is 5.83. The fourth-order valence-electron chi connectivity index (χ4n) is 2.40. The largest absolute Gasteiger partial charge is 0.345 e. The van der Waals surface area contributed by atoms with Crippen LogP contribution in [0.4, 0.5) is 8.78 Å². The minimum absolute atomic E-state index is 0.135. The third-order valence-corrected chi connectivity index (χ3v) is 3.67. The number of rotatable bonds is 3. The molecular weight excluding hydrogens is 246 g/mol. The fraction of sp³-hybridized carbons (Fsp3) is 0.818. The molecule has 1 unspecified atom stereocenters. The van der Waals surface area contributed by atoms with Crippen molar-refractivity contribution in [1.82, 2.24) is 9.80 Å². The van der Waals surface area contributed by atoms with E-state index in [1.807, 2.05) is 0 Å². The van der Waals surface area contributed by atoms with E-state index in [4.69, 9.17) is 0 Å². The van der Waals surface area contributed by atoms with E-state index in [0.29, 0.717) is 13.0 Å². The monoisotopic (exact) mass is 262 g/mol. The van der Waals surface area contributed by atoms with Gasteiger partial charge in [-0.25, -0.2) is 0 Å². The predicted molar refractivity (Wildman–Crippen MR) is 57.8 cm³/mol. The molecule has 2 aliphatic rings. The van der Waals surface area contributed by atoms with Gasteiger partial charge in [0.05, 0.1) is 6.10 Å². The summed E-state index contributed by atoms with van der Waals surface area (Å²) in [6.45, 7) is -0.387. The second kappa shape index (κ2) is 4.46. The molecule has 7 heteroatoms. The van der Waals surface area contributed by atoms with Crippen molar-refractivity contribution in [1.29, 1.82) is 0 Å². The maximum absolute atomic E-state index is 12.2. The Bertz CT molecular complexity index is 371. The summed E-state index contributed by atoms with van der Waals surface area (Å²) in [5.41, 5.74) is -1.04. The number of carbonyl (C=O) groups is 2. The zero-order chi connectivity index (χ0) is 13.5. The Morgan fingerprint density at radius 3 is 2.56 bits per heavy atom. The quantitative estimate of drug-likeness (QED) is 0.688. The second-order valence-corrected chi connectivity index (χ2v) is 5.04. The summed E-state index contributed by atoms with van der Waals surface area (Å²) in [5.74, 6) is -0.489. The molecule has 0 radical (unpaired) electrons. The highest BCUT2D eigenvalue weighted by Gasteiger charge is 2.51. The van der Waals surface area contributed by atoms with Crippen molar-refractivity contribution in [3.05, 3.63) is 0 Å². The van der Waals surface area contributed by atoms with Crippen LogP contribution in [0, 0.1) is 5.41 Å². The second-order valence-electron chi connectivity index (χ2n) is 5.04. The molecule has 2 heterocycles. The van der Waals surface area contributed by atoms with Crippen LogP contribution in [0.5, 0.6) is 0 Å². The number of hydrogen-bond acceptors (Lipinski definition) is 3. The molecule has 0 spiro atoms. The van der Waals surface area contributed by atoms with Crippen molar-refractivity contribution < 1.29 is 23.1 Å². The predicted octanol–water partition coefficient (Wildman–Crippen LogP) is 0.305. The summed E-state index contributed by atoms with van der Waals surface area (Å²) in [6, 6.07) is 0. The van der Waals surface area contributed by atoms with Crippen molar-refractivity contribution in [3.8, 4) is 0 Å². The van der Waals surface area contributed by atoms with Crippen LogP contribution in [-0.2, 0) is 14.3 Å². The van der Waals surface area contributed by atoms with Crippen LogP contribution in [0.15, 0.2) is 0 Å². The topological polar surface area (TPSA) is 49.9 Å². The Morgan fingerprint density at radius 2 is 2.11 bits per heavy atom. The highest BCUT2D eigenvalue weighted by molar-refractivity contribution is 6.06. The normalized spacial score (nSPS) is 29.1. The minimum Gasteiger partial charge on any atom is -0.345 e. The molecule has 0 N–H and O–H groups in total. The number of carbonyl (C=O) groups excluding carboxylic acids is 2. The Labute approximate surface area is 104 Å². The lowest BCUT2D eigenvalue weighted by atomic mass is 9.86. The zero-order valence-corrected chi connectivity index (χ0v) is 10.4. The number of ether oxygens (including phenoxy) is 1. The van der Waals surface area contributed by atoms with Crippen LogP contribution >= 0.6 is 0 Å². The average Bonchev–Trinajstić information content (AvgIpc) is 2.51. The van der Waals surface area contributed by atoms with Crippen LogP contribution in [0.2, 0.25) is 0 Å². The Morgan fingerprint density at radius 1 is 1.50 bits per heavy atom. The van der Waals surface area contributed by atoms with Crippen LogP contribution in [0.25, 0.3) is 0 Å². The summed E-state index contributed by atoms with van der Waals surface area (Å²) in [7, 11) is 1.65. The molecule has 1 atom stereocenters. The van der Waals surface area contributed by atoms with Crippen LogP contribution in [0.3, 0.4) is 0 Å². The first-order valence-electron chi connectivity index (χ1n) is 5.83. The van der Waals surface area contributed by atoms with Crippen molar-refractivity contribution >= 4 is 11.8 Å². The zero-order valence-electron chi connectivity index (χ0n) is 10.4. The van der Waals surface area contributed by atoms with Crippen LogP contribution in [0.1, 0.15) is 13.3 Å². The van der Waals surface area contributed by atoms with Gasteiger partial charge in [0.1, 0.15) is 5.41 Å². The Balaban J connectivity index is 1.92. The Kier molecular flexibility index (Phi) is 3.27. The van der Waals surface area contributed by atoms with Crippen LogP contribution < -0.4 is 0 Å². The summed E-state index contributed by atoms with van der Waals surface area (Å²) >= 11 is 0. The highest BCUT2D eigenvalue weighted by atomic mass is 19.3. The molecule has 102 valence electrons. The molecule has 0 aliphatic carbocycles. The van der Waals surface area contributed by atoms with Crippen molar-refractivity contribution in [3.63, 3.8) is 0 Å². The first-order chi connectivity index (χ1) is 8.34. The van der Waals surface area contributed by atoms with Crippen molar-refractivity contribution in [2.45, 2.75) is 26.1 Å². The third-order valence-electron chi connectivity index (χ3n) is 3.67. The molecule has 0 bridgehead atoms. The maximum Gasteiger partial charge on any atom is 0.345 e. The maximum atomic E-state index is 12.2. The number of halogens is 2. The van der Waals surface area contributed by atoms with Gasteiger partial charge in [-0.2, -0.15) is 8.78 Å². The molecule has 0 saturated carbocycles. The van der Waals surface area contributed by atoms with Gasteiger partial charge in [0.2, 0.25) is 11.8 Å². The van der Waals surface area contributed by atoms with E-state index in [1.54, 1.807) is 14.0 Å². The summed E-state index contributed by atoms with van der Waals surface area (Å²) in [6.07, 6.45) is -0.148. The van der Waals surface area contributed by atoms with E-state index in [1.165, 1.54) is 9.80 Å². The van der Waals surface area contributed by atoms with Crippen LogP contribution in [-0.4, -0.2) is 61.0 Å². The van der Waals surface area contributed by atoms with E-state index in [9.17, 15) is 18.4 Å². The van der Waals surface area contributed by atoms with E-state index in [0.717, 1.165) is 0 Å². The Hall–Kier alpha value is -1.24. The third kappa shape index (κ3) is 2.07. The van der Waals surface area contributed by atoms with Crippen molar-refractivity contribution in [2.24, 2.45) is 5.41 Å². The lowest BCUT2D eigenvalue weighted by molar-refractivity contribution is -0.202. The van der Waals surface area contributed by atoms with Gasteiger partial charge in [-0.1, -0.05) is 0 Å². The van der Waals surface area contributed by atoms with E-state index >= 15 is 0 Å². The molecule has 2 rings (SSSR count). The number of amides is 2. The molecule has 2 fully saturated rings. The fourth-order valence-corrected chi connectivity index (χ4v) is 2.40. The SMILES string of the molecule is CN1CCC(C)(C(=O)N2CC(OC(F)F)C2)C1=O. The van der Waals surface area contributed by atoms with Gasteiger partial charge in [-0.05, 0) is 13.3 Å². The summed E-state index contributed by atoms with van der Waals surface area (Å²) < 4.78 is 28.2. The summed E-state index contributed by atoms with van der Waals surface area (Å²) in [5, 5.41) is 0. The van der Waals surface area contributed by atoms with Gasteiger partial charge in [0.25, 0.3) is 0 Å². The minimum atomic E-state index is -2.82.